The van der Waals surface area contributed by atoms with E-state index >= 15 is 0 Å². The summed E-state index contributed by atoms with van der Waals surface area (Å²) < 4.78 is 0. The molecule has 0 heterocycles. The molecule has 0 aromatic rings. The number of unbranched alkanes of at least 4 members (excludes halogenated alkanes) is 2. The molecule has 0 aromatic heterocycles. The quantitative estimate of drug-likeness (QED) is 0.0177. The number of ketones is 2. The smallest absolute Gasteiger partial charge is 0.240 e. The summed E-state index contributed by atoms with van der Waals surface area (Å²) in [6.45, 7) is 22.4. The van der Waals surface area contributed by atoms with Gasteiger partial charge in [0.1, 0.15) is 11.6 Å². The van der Waals surface area contributed by atoms with Crippen molar-refractivity contribution in [2.75, 3.05) is 26.2 Å². The van der Waals surface area contributed by atoms with Crippen molar-refractivity contribution in [3.05, 3.63) is 0 Å². The second-order valence-corrected chi connectivity index (χ2v) is 15.8. The van der Waals surface area contributed by atoms with Crippen molar-refractivity contribution in [3.63, 3.8) is 0 Å². The van der Waals surface area contributed by atoms with Crippen molar-refractivity contribution in [2.45, 2.75) is 160 Å². The summed E-state index contributed by atoms with van der Waals surface area (Å²) in [6.07, 6.45) is 6.65. The van der Waals surface area contributed by atoms with Gasteiger partial charge in [-0.25, -0.2) is 22.5 Å². The Morgan fingerprint density at radius 2 is 0.621 bits per heavy atom. The summed E-state index contributed by atoms with van der Waals surface area (Å²) in [5.41, 5.74) is 10.1. The average Bonchev–Trinajstić information content (AvgIpc) is 3.31. The Kier molecular flexibility index (Phi) is 43.9. The predicted molar refractivity (Wildman–Crippen MR) is 255 cm³/mol. The van der Waals surface area contributed by atoms with Gasteiger partial charge in [-0.3, -0.25) is 58.8 Å². The largest absolute Gasteiger partial charge is 0.351 e. The van der Waals surface area contributed by atoms with Crippen LogP contribution in [-0.4, -0.2) is 96.4 Å². The van der Waals surface area contributed by atoms with Crippen LogP contribution < -0.4 is 54.7 Å². The number of hydrogen-bond acceptors (Lipinski definition) is 14. The number of hydrazone groups is 2. The van der Waals surface area contributed by atoms with Crippen molar-refractivity contribution in [3.8, 4) is 0 Å². The molecule has 0 aliphatic carbocycles. The number of hydrogen-bond donors (Lipinski definition) is 10. The zero-order valence-corrected chi connectivity index (χ0v) is 41.8. The molecule has 22 heteroatoms. The number of amides is 8. The average molecular weight is 941 g/mol. The van der Waals surface area contributed by atoms with Crippen LogP contribution in [0.4, 0.5) is 0 Å². The summed E-state index contributed by atoms with van der Waals surface area (Å²) in [4.78, 5) is 111. The Labute approximate surface area is 392 Å². The minimum atomic E-state index is -0.246. The van der Waals surface area contributed by atoms with E-state index in [1.807, 2.05) is 66.2 Å². The van der Waals surface area contributed by atoms with Gasteiger partial charge in [-0.2, -0.15) is 10.2 Å². The van der Waals surface area contributed by atoms with Gasteiger partial charge in [0.15, 0.2) is 0 Å². The maximum atomic E-state index is 11.8. The molecule has 0 aliphatic rings. The third kappa shape index (κ3) is 43.6. The maximum absolute atomic E-state index is 11.8. The first-order valence-corrected chi connectivity index (χ1v) is 22.7. The Morgan fingerprint density at radius 1 is 0.394 bits per heavy atom. The SMILES string of the molecule is CCC(C)C(=O)NC/C(C)=N\NC(=O)CCCCC(=O)N/N=C(/C)CNC(=O)C(C)CC.CCC(C)C(=O)NCC(C)=O.CCC(C)C(=O)NCC(C)=O.NNC(=O)CCCCC(=O)NN. The van der Waals surface area contributed by atoms with Gasteiger partial charge in [0, 0.05) is 49.4 Å². The van der Waals surface area contributed by atoms with Gasteiger partial charge in [-0.1, -0.05) is 55.4 Å². The van der Waals surface area contributed by atoms with E-state index in [4.69, 9.17) is 11.7 Å². The van der Waals surface area contributed by atoms with Crippen LogP contribution >= 0.6 is 0 Å². The van der Waals surface area contributed by atoms with Gasteiger partial charge in [-0.15, -0.1) is 0 Å². The van der Waals surface area contributed by atoms with Gasteiger partial charge in [-0.05, 0) is 79.1 Å². The fourth-order valence-electron chi connectivity index (χ4n) is 4.08. The standard InChI is InChI=1S/C22H40N6O4.2C8H15NO2.C6H14N4O2/c1-7-15(3)21(31)23-13-17(5)25-27-19(29)11-9-10-12-20(30)28-26-18(6)14-24-22(32)16(4)8-2;2*1-4-6(2)8(11)9-5-7(3)10;7-9-5(11)3-1-2-4-6(12)10-8/h15-16H,7-14H2,1-6H3,(H,23,31)(H,24,32)(H,27,29)(H,28,30);2*6H,4-5H2,1-3H3,(H,9,11);1-4,7-8H2,(H,9,11)(H,10,12)/b25-17-,26-18-;;;. The van der Waals surface area contributed by atoms with Crippen LogP contribution in [0, 0.1) is 23.7 Å². The Balaban J connectivity index is -0.000000459. The lowest BCUT2D eigenvalue weighted by atomic mass is 10.1. The van der Waals surface area contributed by atoms with E-state index in [-0.39, 0.29) is 122 Å². The zero-order valence-electron chi connectivity index (χ0n) is 41.8. The molecule has 0 spiro atoms. The van der Waals surface area contributed by atoms with Crippen molar-refractivity contribution in [1.82, 2.24) is 43.0 Å². The first-order chi connectivity index (χ1) is 30.9. The van der Waals surface area contributed by atoms with Crippen molar-refractivity contribution < 1.29 is 47.9 Å². The normalized spacial score (nSPS) is 12.4. The van der Waals surface area contributed by atoms with Gasteiger partial charge < -0.3 is 21.3 Å². The minimum Gasteiger partial charge on any atom is -0.351 e. The highest BCUT2D eigenvalue weighted by atomic mass is 16.2. The zero-order chi connectivity index (χ0) is 51.6. The Hall–Kier alpha value is -5.64. The van der Waals surface area contributed by atoms with E-state index in [1.54, 1.807) is 13.8 Å². The third-order valence-corrected chi connectivity index (χ3v) is 9.48. The lowest BCUT2D eigenvalue weighted by molar-refractivity contribution is -0.127. The monoisotopic (exact) mass is 941 g/mol. The lowest BCUT2D eigenvalue weighted by Crippen LogP contribution is -2.33. The van der Waals surface area contributed by atoms with E-state index in [0.717, 1.165) is 25.7 Å². The van der Waals surface area contributed by atoms with E-state index in [0.29, 0.717) is 49.9 Å². The molecule has 0 aliphatic heterocycles. The second-order valence-electron chi connectivity index (χ2n) is 15.8. The molecule has 0 rings (SSSR count). The van der Waals surface area contributed by atoms with E-state index in [1.165, 1.54) is 13.8 Å². The van der Waals surface area contributed by atoms with Gasteiger partial charge in [0.05, 0.1) is 37.6 Å². The number of rotatable bonds is 28. The molecular formula is C44H84N12O10. The highest BCUT2D eigenvalue weighted by Crippen LogP contribution is 2.03. The Bertz CT molecular complexity index is 1440. The first kappa shape index (κ1) is 67.0. The number of carbonyl (C=O) groups excluding carboxylic acids is 10. The summed E-state index contributed by atoms with van der Waals surface area (Å²) in [5.74, 6) is 8.47. The number of Topliss-reactive ketones (excluding diaryl/α,β-unsaturated/α-hetero) is 2. The van der Waals surface area contributed by atoms with Crippen LogP contribution in [0.5, 0.6) is 0 Å². The van der Waals surface area contributed by atoms with Crippen LogP contribution in [-0.2, 0) is 47.9 Å². The van der Waals surface area contributed by atoms with Crippen LogP contribution in [0.25, 0.3) is 0 Å². The van der Waals surface area contributed by atoms with E-state index < -0.39 is 0 Å². The summed E-state index contributed by atoms with van der Waals surface area (Å²) in [5, 5.41) is 18.6. The summed E-state index contributed by atoms with van der Waals surface area (Å²) in [7, 11) is 0. The number of nitrogens with one attached hydrogen (secondary N) is 8. The molecule has 0 fully saturated rings. The molecule has 0 aromatic carbocycles. The fourth-order valence-corrected chi connectivity index (χ4v) is 4.08. The van der Waals surface area contributed by atoms with Crippen molar-refractivity contribution >= 4 is 70.2 Å². The van der Waals surface area contributed by atoms with Crippen LogP contribution in [0.3, 0.4) is 0 Å². The lowest BCUT2D eigenvalue weighted by Gasteiger charge is -2.09. The molecule has 380 valence electrons. The number of carbonyl (C=O) groups is 10. The first-order valence-electron chi connectivity index (χ1n) is 22.7. The predicted octanol–water partition coefficient (Wildman–Crippen LogP) is 1.86. The molecule has 0 saturated carbocycles. The molecule has 4 atom stereocenters. The molecular weight excluding hydrogens is 857 g/mol. The van der Waals surface area contributed by atoms with Crippen molar-refractivity contribution in [1.29, 1.82) is 0 Å². The third-order valence-electron chi connectivity index (χ3n) is 9.48. The molecule has 4 unspecified atom stereocenters. The Morgan fingerprint density at radius 3 is 0.833 bits per heavy atom. The van der Waals surface area contributed by atoms with Crippen LogP contribution in [0.1, 0.15) is 160 Å². The number of nitrogens with zero attached hydrogens (tertiary/aromatic N) is 2. The molecule has 0 saturated heterocycles. The molecule has 22 nitrogen and oxygen atoms in total. The molecule has 12 N–H and O–H groups in total. The topological polar surface area (TPSA) is 344 Å². The summed E-state index contributed by atoms with van der Waals surface area (Å²) >= 11 is 0. The van der Waals surface area contributed by atoms with Crippen LogP contribution in [0.2, 0.25) is 0 Å². The van der Waals surface area contributed by atoms with E-state index in [9.17, 15) is 47.9 Å². The molecule has 8 amide bonds. The molecule has 0 bridgehead atoms. The highest BCUT2D eigenvalue weighted by Gasteiger charge is 2.13. The fraction of sp³-hybridized carbons (Fsp3) is 0.727. The van der Waals surface area contributed by atoms with Gasteiger partial charge >= 0.3 is 0 Å². The maximum Gasteiger partial charge on any atom is 0.240 e. The molecule has 0 radical (unpaired) electrons. The minimum absolute atomic E-state index is 0.00866. The van der Waals surface area contributed by atoms with Crippen LogP contribution in [0.15, 0.2) is 10.2 Å². The van der Waals surface area contributed by atoms with Gasteiger partial charge in [0.25, 0.3) is 0 Å². The van der Waals surface area contributed by atoms with E-state index in [2.05, 4.69) is 42.3 Å². The van der Waals surface area contributed by atoms with Gasteiger partial charge in [0.2, 0.25) is 47.3 Å². The molecule has 66 heavy (non-hydrogen) atoms. The second kappa shape index (κ2) is 43.3. The van der Waals surface area contributed by atoms with Crippen molar-refractivity contribution in [2.24, 2.45) is 45.6 Å². The number of hydrazine groups is 2. The number of nitrogens with two attached hydrogens (primary N) is 2. The highest BCUT2D eigenvalue weighted by molar-refractivity contribution is 5.91. The summed E-state index contributed by atoms with van der Waals surface area (Å²) in [6, 6.07) is 0.